The molecule has 0 amide bonds. The molecule has 1 aromatic carbocycles. The second kappa shape index (κ2) is 6.30. The Balaban J connectivity index is 3.33. The molecule has 1 rings (SSSR count). The van der Waals surface area contributed by atoms with Crippen LogP contribution < -0.4 is 0 Å². The van der Waals surface area contributed by atoms with E-state index in [0.717, 1.165) is 6.07 Å². The maximum absolute atomic E-state index is 13.9. The fourth-order valence-electron chi connectivity index (χ4n) is 1.89. The zero-order valence-electron chi connectivity index (χ0n) is 11.2. The number of carboxylic acid groups (broad SMARTS) is 1. The number of rotatable bonds is 6. The first kappa shape index (κ1) is 16.6. The first-order valence-corrected chi connectivity index (χ1v) is 7.83. The van der Waals surface area contributed by atoms with E-state index in [9.17, 15) is 22.0 Å². The smallest absolute Gasteiger partial charge is 0.341 e. The van der Waals surface area contributed by atoms with Crippen LogP contribution in [0.1, 0.15) is 37.0 Å². The molecule has 0 atom stereocenters. The molecule has 1 N–H and O–H groups in total. The normalized spacial score (nSPS) is 11.8. The molecule has 20 heavy (non-hydrogen) atoms. The largest absolute Gasteiger partial charge is 0.477 e. The minimum absolute atomic E-state index is 0.155. The van der Waals surface area contributed by atoms with Crippen molar-refractivity contribution >= 4 is 15.8 Å². The Labute approximate surface area is 116 Å². The summed E-state index contributed by atoms with van der Waals surface area (Å²) in [4.78, 5) is 10.0. The highest BCUT2D eigenvalue weighted by Gasteiger charge is 2.28. The van der Waals surface area contributed by atoms with E-state index in [0.29, 0.717) is 18.9 Å². The van der Waals surface area contributed by atoms with Crippen molar-refractivity contribution in [3.05, 3.63) is 29.3 Å². The summed E-state index contributed by atoms with van der Waals surface area (Å²) < 4.78 is 51.4. The van der Waals surface area contributed by atoms with Gasteiger partial charge in [-0.25, -0.2) is 22.0 Å². The van der Waals surface area contributed by atoms with Crippen molar-refractivity contribution in [3.8, 4) is 0 Å². The van der Waals surface area contributed by atoms with Crippen LogP contribution in [0.15, 0.2) is 17.0 Å². The highest BCUT2D eigenvalue weighted by molar-refractivity contribution is 7.91. The summed E-state index contributed by atoms with van der Waals surface area (Å²) >= 11 is 0. The molecular weight excluding hydrogens is 290 g/mol. The Morgan fingerprint density at radius 2 is 1.80 bits per heavy atom. The molecule has 0 saturated heterocycles. The fraction of sp³-hybridized carbons (Fsp3) is 0.462. The molecule has 0 saturated carbocycles. The predicted octanol–water partition coefficient (Wildman–Crippen LogP) is 2.87. The van der Waals surface area contributed by atoms with Crippen molar-refractivity contribution in [2.24, 2.45) is 5.92 Å². The van der Waals surface area contributed by atoms with Crippen LogP contribution >= 0.6 is 0 Å². The second-order valence-electron chi connectivity index (χ2n) is 4.50. The molecule has 0 aliphatic carbocycles. The molecule has 0 spiro atoms. The van der Waals surface area contributed by atoms with Gasteiger partial charge in [0.25, 0.3) is 0 Å². The van der Waals surface area contributed by atoms with Crippen LogP contribution in [-0.2, 0) is 9.84 Å². The Morgan fingerprint density at radius 3 is 2.25 bits per heavy atom. The van der Waals surface area contributed by atoms with Crippen molar-refractivity contribution in [3.63, 3.8) is 0 Å². The van der Waals surface area contributed by atoms with Crippen LogP contribution in [0.4, 0.5) is 8.78 Å². The van der Waals surface area contributed by atoms with Crippen molar-refractivity contribution in [1.29, 1.82) is 0 Å². The average Bonchev–Trinajstić information content (AvgIpc) is 2.35. The molecular formula is C13H16F2O4S. The van der Waals surface area contributed by atoms with Crippen LogP contribution in [0.25, 0.3) is 0 Å². The summed E-state index contributed by atoms with van der Waals surface area (Å²) in [5.74, 6) is -5.11. The van der Waals surface area contributed by atoms with Crippen molar-refractivity contribution in [2.45, 2.75) is 31.6 Å². The molecule has 0 aliphatic rings. The maximum atomic E-state index is 13.9. The molecule has 0 aromatic heterocycles. The van der Waals surface area contributed by atoms with E-state index in [2.05, 4.69) is 0 Å². The van der Waals surface area contributed by atoms with Crippen LogP contribution in [-0.4, -0.2) is 25.2 Å². The third-order valence-electron chi connectivity index (χ3n) is 3.21. The quantitative estimate of drug-likeness (QED) is 0.820. The van der Waals surface area contributed by atoms with E-state index < -0.39 is 37.9 Å². The van der Waals surface area contributed by atoms with Gasteiger partial charge in [0, 0.05) is 0 Å². The van der Waals surface area contributed by atoms with E-state index >= 15 is 0 Å². The molecule has 7 heteroatoms. The van der Waals surface area contributed by atoms with Gasteiger partial charge in [-0.3, -0.25) is 0 Å². The van der Waals surface area contributed by atoms with Gasteiger partial charge in [0.1, 0.15) is 16.3 Å². The minimum Gasteiger partial charge on any atom is -0.477 e. The van der Waals surface area contributed by atoms with Gasteiger partial charge in [0.15, 0.2) is 15.7 Å². The van der Waals surface area contributed by atoms with Gasteiger partial charge in [-0.2, -0.15) is 0 Å². The predicted molar refractivity (Wildman–Crippen MR) is 69.4 cm³/mol. The van der Waals surface area contributed by atoms with E-state index in [4.69, 9.17) is 5.11 Å². The lowest BCUT2D eigenvalue weighted by Crippen LogP contribution is -2.18. The maximum Gasteiger partial charge on any atom is 0.341 e. The Bertz CT molecular complexity index is 607. The Kier molecular flexibility index (Phi) is 5.21. The molecule has 0 bridgehead atoms. The van der Waals surface area contributed by atoms with Crippen LogP contribution in [0.5, 0.6) is 0 Å². The molecule has 0 unspecified atom stereocenters. The molecule has 0 heterocycles. The molecule has 4 nitrogen and oxygen atoms in total. The second-order valence-corrected chi connectivity index (χ2v) is 6.51. The topological polar surface area (TPSA) is 71.4 Å². The van der Waals surface area contributed by atoms with Crippen molar-refractivity contribution < 1.29 is 27.1 Å². The summed E-state index contributed by atoms with van der Waals surface area (Å²) in [6, 6.07) is 1.43. The summed E-state index contributed by atoms with van der Waals surface area (Å²) in [6.07, 6.45) is 1.20. The first-order valence-electron chi connectivity index (χ1n) is 6.18. The number of carbonyl (C=O) groups is 1. The SMILES string of the molecule is CCC(CC)CS(=O)(=O)c1ccc(F)c(C(=O)O)c1F. The lowest BCUT2D eigenvalue weighted by Gasteiger charge is -2.14. The fourth-order valence-corrected chi connectivity index (χ4v) is 3.82. The van der Waals surface area contributed by atoms with Gasteiger partial charge in [0.05, 0.1) is 5.75 Å². The highest BCUT2D eigenvalue weighted by Crippen LogP contribution is 2.24. The van der Waals surface area contributed by atoms with Crippen molar-refractivity contribution in [1.82, 2.24) is 0 Å². The number of benzene rings is 1. The van der Waals surface area contributed by atoms with Crippen LogP contribution in [0.3, 0.4) is 0 Å². The number of sulfone groups is 1. The summed E-state index contributed by atoms with van der Waals surface area (Å²) in [7, 11) is -3.99. The third-order valence-corrected chi connectivity index (χ3v) is 5.11. The standard InChI is InChI=1S/C13H16F2O4S/c1-3-8(4-2)7-20(18,19)10-6-5-9(14)11(12(10)15)13(16)17/h5-6,8H,3-4,7H2,1-2H3,(H,16,17). The Hall–Kier alpha value is -1.50. The molecule has 1 aromatic rings. The van der Waals surface area contributed by atoms with Gasteiger partial charge >= 0.3 is 5.97 Å². The highest BCUT2D eigenvalue weighted by atomic mass is 32.2. The van der Waals surface area contributed by atoms with Crippen LogP contribution in [0, 0.1) is 17.6 Å². The van der Waals surface area contributed by atoms with Gasteiger partial charge < -0.3 is 5.11 Å². The van der Waals surface area contributed by atoms with Gasteiger partial charge in [0.2, 0.25) is 0 Å². The van der Waals surface area contributed by atoms with Crippen LogP contribution in [0.2, 0.25) is 0 Å². The van der Waals surface area contributed by atoms with Crippen molar-refractivity contribution in [2.75, 3.05) is 5.75 Å². The Morgan fingerprint density at radius 1 is 1.25 bits per heavy atom. The summed E-state index contributed by atoms with van der Waals surface area (Å²) in [5.41, 5.74) is -1.24. The number of halogens is 2. The monoisotopic (exact) mass is 306 g/mol. The lowest BCUT2D eigenvalue weighted by atomic mass is 10.1. The van der Waals surface area contributed by atoms with E-state index in [1.807, 2.05) is 13.8 Å². The number of hydrogen-bond donors (Lipinski definition) is 1. The molecule has 0 aliphatic heterocycles. The summed E-state index contributed by atoms with van der Waals surface area (Å²) in [6.45, 7) is 3.63. The molecule has 0 fully saturated rings. The lowest BCUT2D eigenvalue weighted by molar-refractivity contribution is 0.0685. The van der Waals surface area contributed by atoms with Gasteiger partial charge in [-0.15, -0.1) is 0 Å². The van der Waals surface area contributed by atoms with Gasteiger partial charge in [-0.1, -0.05) is 26.7 Å². The van der Waals surface area contributed by atoms with E-state index in [1.54, 1.807) is 0 Å². The number of carboxylic acids is 1. The zero-order valence-corrected chi connectivity index (χ0v) is 12.0. The molecule has 0 radical (unpaired) electrons. The van der Waals surface area contributed by atoms with E-state index in [1.165, 1.54) is 0 Å². The third kappa shape index (κ3) is 3.33. The van der Waals surface area contributed by atoms with Gasteiger partial charge in [-0.05, 0) is 18.1 Å². The summed E-state index contributed by atoms with van der Waals surface area (Å²) in [5, 5.41) is 8.74. The number of hydrogen-bond acceptors (Lipinski definition) is 3. The van der Waals surface area contributed by atoms with E-state index in [-0.39, 0.29) is 11.7 Å². The zero-order chi connectivity index (χ0) is 15.5. The average molecular weight is 306 g/mol. The molecule has 112 valence electrons. The minimum atomic E-state index is -3.99. The first-order chi connectivity index (χ1) is 9.24. The number of aromatic carboxylic acids is 1.